The van der Waals surface area contributed by atoms with Crippen molar-refractivity contribution in [3.8, 4) is 11.5 Å². The average molecular weight is 441 g/mol. The Hall–Kier alpha value is -4.06. The summed E-state index contributed by atoms with van der Waals surface area (Å²) < 4.78 is 16.8. The molecule has 1 amide bonds. The van der Waals surface area contributed by atoms with Crippen molar-refractivity contribution in [2.24, 2.45) is 0 Å². The minimum atomic E-state index is -0.564. The summed E-state index contributed by atoms with van der Waals surface area (Å²) in [5.74, 6) is 1.27. The van der Waals surface area contributed by atoms with Gasteiger partial charge < -0.3 is 18.8 Å². The summed E-state index contributed by atoms with van der Waals surface area (Å²) in [6.07, 6.45) is 0. The molecule has 6 nitrogen and oxygen atoms in total. The second-order valence-electron chi connectivity index (χ2n) is 7.86. The zero-order chi connectivity index (χ0) is 22.9. The lowest BCUT2D eigenvalue weighted by Gasteiger charge is -2.25. The number of fused-ring (bicyclic) bond motifs is 2. The molecule has 0 spiro atoms. The number of para-hydroxylation sites is 1. The minimum Gasteiger partial charge on any atom is -0.497 e. The van der Waals surface area contributed by atoms with Crippen LogP contribution in [0, 0.1) is 0 Å². The van der Waals surface area contributed by atoms with Crippen LogP contribution in [0.3, 0.4) is 0 Å². The molecule has 6 heteroatoms. The van der Waals surface area contributed by atoms with E-state index < -0.39 is 6.04 Å². The van der Waals surface area contributed by atoms with Gasteiger partial charge in [-0.15, -0.1) is 0 Å². The van der Waals surface area contributed by atoms with Gasteiger partial charge in [0.25, 0.3) is 5.91 Å². The molecule has 0 fully saturated rings. The van der Waals surface area contributed by atoms with Crippen molar-refractivity contribution < 1.29 is 18.7 Å². The fourth-order valence-electron chi connectivity index (χ4n) is 4.32. The summed E-state index contributed by atoms with van der Waals surface area (Å²) in [5.41, 5.74) is 2.34. The van der Waals surface area contributed by atoms with Crippen LogP contribution in [-0.4, -0.2) is 24.5 Å². The molecule has 1 aromatic heterocycles. The Kier molecular flexibility index (Phi) is 5.34. The van der Waals surface area contributed by atoms with Gasteiger partial charge in [-0.05, 0) is 54.4 Å². The van der Waals surface area contributed by atoms with E-state index in [-0.39, 0.29) is 17.1 Å². The highest BCUT2D eigenvalue weighted by atomic mass is 16.5. The number of rotatable bonds is 6. The number of benzene rings is 3. The Morgan fingerprint density at radius 3 is 2.30 bits per heavy atom. The Morgan fingerprint density at radius 2 is 1.61 bits per heavy atom. The average Bonchev–Trinajstić information content (AvgIpc) is 3.12. The normalized spacial score (nSPS) is 15.0. The van der Waals surface area contributed by atoms with E-state index >= 15 is 0 Å². The molecule has 0 N–H and O–H groups in total. The number of methoxy groups -OCH3 is 1. The predicted molar refractivity (Wildman–Crippen MR) is 125 cm³/mol. The molecule has 1 atom stereocenters. The van der Waals surface area contributed by atoms with Gasteiger partial charge in [0.2, 0.25) is 5.76 Å². The monoisotopic (exact) mass is 441 g/mol. The molecule has 0 radical (unpaired) electrons. The van der Waals surface area contributed by atoms with Gasteiger partial charge in [0.15, 0.2) is 5.43 Å². The Labute approximate surface area is 191 Å². The summed E-state index contributed by atoms with van der Waals surface area (Å²) in [5, 5.41) is 0.464. The summed E-state index contributed by atoms with van der Waals surface area (Å²) in [6, 6.07) is 21.5. The van der Waals surface area contributed by atoms with Crippen molar-refractivity contribution in [1.82, 2.24) is 4.90 Å². The number of carbonyl (C=O) groups is 1. The second kappa shape index (κ2) is 8.47. The van der Waals surface area contributed by atoms with E-state index in [1.54, 1.807) is 36.3 Å². The maximum atomic E-state index is 13.5. The van der Waals surface area contributed by atoms with Crippen LogP contribution in [0.15, 0.2) is 82.0 Å². The number of nitrogens with zero attached hydrogens (tertiary/aromatic N) is 1. The van der Waals surface area contributed by atoms with Crippen LogP contribution in [0.25, 0.3) is 11.0 Å². The lowest BCUT2D eigenvalue weighted by Crippen LogP contribution is -2.29. The van der Waals surface area contributed by atoms with Gasteiger partial charge in [-0.2, -0.15) is 0 Å². The Balaban J connectivity index is 1.64. The van der Waals surface area contributed by atoms with E-state index in [2.05, 4.69) is 0 Å². The van der Waals surface area contributed by atoms with Gasteiger partial charge in [-0.3, -0.25) is 9.59 Å². The van der Waals surface area contributed by atoms with Gasteiger partial charge in [0.1, 0.15) is 17.1 Å². The van der Waals surface area contributed by atoms with E-state index in [1.165, 1.54) is 0 Å². The molecule has 1 aliphatic rings. The molecule has 4 aromatic rings. The Morgan fingerprint density at radius 1 is 0.909 bits per heavy atom. The molecule has 0 aliphatic carbocycles. The third-order valence-corrected chi connectivity index (χ3v) is 5.89. The zero-order valence-corrected chi connectivity index (χ0v) is 18.4. The largest absolute Gasteiger partial charge is 0.497 e. The topological polar surface area (TPSA) is 69.0 Å². The summed E-state index contributed by atoms with van der Waals surface area (Å²) >= 11 is 0. The molecule has 0 saturated carbocycles. The fourth-order valence-corrected chi connectivity index (χ4v) is 4.32. The number of carbonyl (C=O) groups excluding carboxylic acids is 1. The molecule has 166 valence electrons. The van der Waals surface area contributed by atoms with Crippen molar-refractivity contribution in [3.63, 3.8) is 0 Å². The molecule has 0 saturated heterocycles. The summed E-state index contributed by atoms with van der Waals surface area (Å²) in [4.78, 5) is 28.7. The van der Waals surface area contributed by atoms with Gasteiger partial charge in [0.05, 0.1) is 30.7 Å². The van der Waals surface area contributed by atoms with Crippen LogP contribution in [-0.2, 0) is 6.54 Å². The third-order valence-electron chi connectivity index (χ3n) is 5.89. The lowest BCUT2D eigenvalue weighted by molar-refractivity contribution is 0.0714. The van der Waals surface area contributed by atoms with Crippen LogP contribution in [0.5, 0.6) is 11.5 Å². The highest BCUT2D eigenvalue weighted by Crippen LogP contribution is 2.39. The smallest absolute Gasteiger partial charge is 0.291 e. The van der Waals surface area contributed by atoms with E-state index in [9.17, 15) is 9.59 Å². The van der Waals surface area contributed by atoms with Gasteiger partial charge in [0, 0.05) is 6.54 Å². The van der Waals surface area contributed by atoms with E-state index in [4.69, 9.17) is 13.9 Å². The highest BCUT2D eigenvalue weighted by molar-refractivity contribution is 5.99. The zero-order valence-electron chi connectivity index (χ0n) is 18.4. The highest BCUT2D eigenvalue weighted by Gasteiger charge is 2.42. The minimum absolute atomic E-state index is 0.103. The molecule has 33 heavy (non-hydrogen) atoms. The lowest BCUT2D eigenvalue weighted by atomic mass is 9.98. The number of hydrogen-bond donors (Lipinski definition) is 0. The van der Waals surface area contributed by atoms with Crippen molar-refractivity contribution >= 4 is 16.9 Å². The Bertz CT molecular complexity index is 1370. The molecule has 1 aliphatic heterocycles. The van der Waals surface area contributed by atoms with Crippen LogP contribution in [0.1, 0.15) is 40.2 Å². The second-order valence-corrected chi connectivity index (χ2v) is 7.86. The van der Waals surface area contributed by atoms with Gasteiger partial charge in [-0.25, -0.2) is 0 Å². The number of ether oxygens (including phenoxy) is 2. The van der Waals surface area contributed by atoms with E-state index in [0.717, 1.165) is 22.6 Å². The molecule has 3 aromatic carbocycles. The van der Waals surface area contributed by atoms with Gasteiger partial charge in [-0.1, -0.05) is 36.4 Å². The maximum absolute atomic E-state index is 13.5. The standard InChI is InChI=1S/C27H23NO5/c1-3-32-20-14-10-18(11-15-20)24-23-25(29)21-6-4-5-7-22(21)33-26(23)27(30)28(24)16-17-8-12-19(31-2)13-9-17/h4-15,24H,3,16H2,1-2H3. The molecular formula is C27H23NO5. The van der Waals surface area contributed by atoms with Crippen molar-refractivity contribution in [3.05, 3.63) is 105 Å². The first-order valence-corrected chi connectivity index (χ1v) is 10.8. The number of amides is 1. The van der Waals surface area contributed by atoms with Crippen LogP contribution in [0.4, 0.5) is 0 Å². The van der Waals surface area contributed by atoms with Crippen LogP contribution in [0.2, 0.25) is 0 Å². The molecule has 0 bridgehead atoms. The maximum Gasteiger partial charge on any atom is 0.291 e. The summed E-state index contributed by atoms with van der Waals surface area (Å²) in [6.45, 7) is 2.80. The van der Waals surface area contributed by atoms with Crippen molar-refractivity contribution in [1.29, 1.82) is 0 Å². The SMILES string of the molecule is CCOc1ccc(C2c3c(oc4ccccc4c3=O)C(=O)N2Cc2ccc(OC)cc2)cc1. The first kappa shape index (κ1) is 20.8. The fraction of sp³-hybridized carbons (Fsp3) is 0.185. The predicted octanol–water partition coefficient (Wildman–Crippen LogP) is 4.95. The van der Waals surface area contributed by atoms with Crippen LogP contribution < -0.4 is 14.9 Å². The molecular weight excluding hydrogens is 418 g/mol. The number of hydrogen-bond acceptors (Lipinski definition) is 5. The third kappa shape index (κ3) is 3.63. The van der Waals surface area contributed by atoms with Crippen molar-refractivity contribution in [2.45, 2.75) is 19.5 Å². The summed E-state index contributed by atoms with van der Waals surface area (Å²) in [7, 11) is 1.61. The molecule has 5 rings (SSSR count). The molecule has 1 unspecified atom stereocenters. The van der Waals surface area contributed by atoms with E-state index in [0.29, 0.717) is 29.7 Å². The van der Waals surface area contributed by atoms with E-state index in [1.807, 2.05) is 55.5 Å². The first-order chi connectivity index (χ1) is 16.1. The van der Waals surface area contributed by atoms with Crippen LogP contribution >= 0.6 is 0 Å². The van der Waals surface area contributed by atoms with Crippen molar-refractivity contribution in [2.75, 3.05) is 13.7 Å². The molecule has 2 heterocycles. The quantitative estimate of drug-likeness (QED) is 0.424. The first-order valence-electron chi connectivity index (χ1n) is 10.8. The van der Waals surface area contributed by atoms with Gasteiger partial charge >= 0.3 is 0 Å².